The molecule has 0 saturated heterocycles. The zero-order chi connectivity index (χ0) is 19.3. The second-order valence-electron chi connectivity index (χ2n) is 5.89. The molecule has 0 unspecified atom stereocenters. The van der Waals surface area contributed by atoms with Gasteiger partial charge in [-0.25, -0.2) is 12.7 Å². The normalized spacial score (nSPS) is 11.4. The van der Waals surface area contributed by atoms with E-state index < -0.39 is 10.0 Å². The summed E-state index contributed by atoms with van der Waals surface area (Å²) in [4.78, 5) is 14.4. The highest BCUT2D eigenvalue weighted by molar-refractivity contribution is 7.89. The lowest BCUT2D eigenvalue weighted by molar-refractivity contribution is 0.0762. The third-order valence-electron chi connectivity index (χ3n) is 3.79. The van der Waals surface area contributed by atoms with Crippen LogP contribution in [0, 0.1) is 0 Å². The Bertz CT molecular complexity index is 896. The van der Waals surface area contributed by atoms with E-state index in [1.165, 1.54) is 32.3 Å². The molecular weight excluding hydrogens is 372 g/mol. The molecule has 0 aliphatic rings. The standard InChI is InChI=1S/C19H21ClN2O3S/c1-4-12-22(14-15-8-6-5-7-9-15)19(23)16-10-11-17(20)18(13-16)26(24,25)21(2)3/h4-11,13H,1,12,14H2,2-3H3. The predicted molar refractivity (Wildman–Crippen MR) is 104 cm³/mol. The fourth-order valence-corrected chi connectivity index (χ4v) is 3.79. The van der Waals surface area contributed by atoms with E-state index in [9.17, 15) is 13.2 Å². The molecule has 0 bridgehead atoms. The van der Waals surface area contributed by atoms with Crippen molar-refractivity contribution in [2.24, 2.45) is 0 Å². The van der Waals surface area contributed by atoms with E-state index in [0.717, 1.165) is 9.87 Å². The summed E-state index contributed by atoms with van der Waals surface area (Å²) in [7, 11) is -0.917. The van der Waals surface area contributed by atoms with E-state index in [4.69, 9.17) is 11.6 Å². The van der Waals surface area contributed by atoms with Crippen molar-refractivity contribution in [3.8, 4) is 0 Å². The first-order valence-electron chi connectivity index (χ1n) is 7.93. The zero-order valence-electron chi connectivity index (χ0n) is 14.7. The van der Waals surface area contributed by atoms with Crippen molar-refractivity contribution >= 4 is 27.5 Å². The number of rotatable bonds is 7. The topological polar surface area (TPSA) is 57.7 Å². The highest BCUT2D eigenvalue weighted by Crippen LogP contribution is 2.25. The maximum atomic E-state index is 12.9. The maximum absolute atomic E-state index is 12.9. The summed E-state index contributed by atoms with van der Waals surface area (Å²) >= 11 is 6.05. The van der Waals surface area contributed by atoms with Crippen molar-refractivity contribution in [2.45, 2.75) is 11.4 Å². The van der Waals surface area contributed by atoms with Crippen molar-refractivity contribution < 1.29 is 13.2 Å². The first-order chi connectivity index (χ1) is 12.3. The molecule has 2 rings (SSSR count). The Hall–Kier alpha value is -2.15. The van der Waals surface area contributed by atoms with Gasteiger partial charge in [-0.1, -0.05) is 48.0 Å². The molecule has 0 fully saturated rings. The molecule has 0 saturated carbocycles. The Morgan fingerprint density at radius 2 is 1.81 bits per heavy atom. The van der Waals surface area contributed by atoms with Crippen LogP contribution in [0.3, 0.4) is 0 Å². The van der Waals surface area contributed by atoms with Crippen molar-refractivity contribution in [1.82, 2.24) is 9.21 Å². The fourth-order valence-electron chi connectivity index (χ4n) is 2.39. The molecule has 0 spiro atoms. The highest BCUT2D eigenvalue weighted by Gasteiger charge is 2.24. The molecular formula is C19H21ClN2O3S. The first-order valence-corrected chi connectivity index (χ1v) is 9.75. The lowest BCUT2D eigenvalue weighted by Crippen LogP contribution is -2.31. The van der Waals surface area contributed by atoms with E-state index >= 15 is 0 Å². The number of benzene rings is 2. The predicted octanol–water partition coefficient (Wildman–Crippen LogP) is 3.42. The van der Waals surface area contributed by atoms with Crippen LogP contribution in [0.4, 0.5) is 0 Å². The minimum absolute atomic E-state index is 0.0774. The van der Waals surface area contributed by atoms with Crippen LogP contribution in [0.25, 0.3) is 0 Å². The first kappa shape index (κ1) is 20.2. The molecule has 0 radical (unpaired) electrons. The molecule has 0 aromatic heterocycles. The van der Waals surface area contributed by atoms with Gasteiger partial charge in [0.25, 0.3) is 5.91 Å². The summed E-state index contributed by atoms with van der Waals surface area (Å²) in [6.45, 7) is 4.43. The van der Waals surface area contributed by atoms with Gasteiger partial charge >= 0.3 is 0 Å². The molecule has 0 heterocycles. The van der Waals surface area contributed by atoms with Gasteiger partial charge in [-0.3, -0.25) is 4.79 Å². The zero-order valence-corrected chi connectivity index (χ0v) is 16.3. The van der Waals surface area contributed by atoms with Crippen molar-refractivity contribution in [2.75, 3.05) is 20.6 Å². The van der Waals surface area contributed by atoms with Crippen molar-refractivity contribution in [3.05, 3.63) is 77.3 Å². The number of sulfonamides is 1. The number of hydrogen-bond donors (Lipinski definition) is 0. The Kier molecular flexibility index (Phi) is 6.58. The minimum atomic E-state index is -3.75. The molecule has 0 N–H and O–H groups in total. The lowest BCUT2D eigenvalue weighted by atomic mass is 10.1. The Labute approximate surface area is 159 Å². The number of carbonyl (C=O) groups excluding carboxylic acids is 1. The number of amides is 1. The summed E-state index contributed by atoms with van der Waals surface area (Å²) in [5.41, 5.74) is 1.23. The maximum Gasteiger partial charge on any atom is 0.254 e. The molecule has 138 valence electrons. The van der Waals surface area contributed by atoms with Crippen LogP contribution < -0.4 is 0 Å². The monoisotopic (exact) mass is 392 g/mol. The second-order valence-corrected chi connectivity index (χ2v) is 8.42. The van der Waals surface area contributed by atoms with Gasteiger partial charge in [0, 0.05) is 32.7 Å². The van der Waals surface area contributed by atoms with Gasteiger partial charge in [0.1, 0.15) is 4.90 Å². The third-order valence-corrected chi connectivity index (χ3v) is 6.09. The molecule has 1 amide bonds. The van der Waals surface area contributed by atoms with Gasteiger partial charge in [0.05, 0.1) is 5.02 Å². The average Bonchev–Trinajstić information content (AvgIpc) is 2.61. The molecule has 7 heteroatoms. The molecule has 0 aliphatic carbocycles. The van der Waals surface area contributed by atoms with E-state index in [1.807, 2.05) is 30.3 Å². The van der Waals surface area contributed by atoms with Gasteiger partial charge in [0.2, 0.25) is 10.0 Å². The van der Waals surface area contributed by atoms with Gasteiger partial charge in [-0.2, -0.15) is 0 Å². The summed E-state index contributed by atoms with van der Waals surface area (Å²) in [5, 5.41) is 0.0774. The van der Waals surface area contributed by atoms with Crippen LogP contribution in [-0.4, -0.2) is 44.2 Å². The van der Waals surface area contributed by atoms with Crippen LogP contribution in [0.1, 0.15) is 15.9 Å². The molecule has 2 aromatic rings. The Balaban J connectivity index is 2.39. The number of hydrogen-bond acceptors (Lipinski definition) is 3. The molecule has 5 nitrogen and oxygen atoms in total. The Morgan fingerprint density at radius 3 is 2.38 bits per heavy atom. The van der Waals surface area contributed by atoms with Crippen LogP contribution in [0.15, 0.2) is 66.1 Å². The highest BCUT2D eigenvalue weighted by atomic mass is 35.5. The number of carbonyl (C=O) groups is 1. The van der Waals surface area contributed by atoms with Crippen LogP contribution in [0.2, 0.25) is 5.02 Å². The van der Waals surface area contributed by atoms with E-state index in [2.05, 4.69) is 6.58 Å². The molecule has 0 aliphatic heterocycles. The number of halogens is 1. The smallest absolute Gasteiger partial charge is 0.254 e. The molecule has 26 heavy (non-hydrogen) atoms. The average molecular weight is 393 g/mol. The van der Waals surface area contributed by atoms with Gasteiger partial charge < -0.3 is 4.90 Å². The SMILES string of the molecule is C=CCN(Cc1ccccc1)C(=O)c1ccc(Cl)c(S(=O)(=O)N(C)C)c1. The minimum Gasteiger partial charge on any atom is -0.331 e. The van der Waals surface area contributed by atoms with Gasteiger partial charge in [-0.05, 0) is 23.8 Å². The van der Waals surface area contributed by atoms with Crippen LogP contribution in [0.5, 0.6) is 0 Å². The van der Waals surface area contributed by atoms with E-state index in [-0.39, 0.29) is 21.4 Å². The molecule has 0 atom stereocenters. The quantitative estimate of drug-likeness (QED) is 0.678. The lowest BCUT2D eigenvalue weighted by Gasteiger charge is -2.22. The fraction of sp³-hybridized carbons (Fsp3) is 0.211. The second kappa shape index (κ2) is 8.49. The molecule has 2 aromatic carbocycles. The van der Waals surface area contributed by atoms with Crippen LogP contribution >= 0.6 is 11.6 Å². The summed E-state index contributed by atoms with van der Waals surface area (Å²) in [5.74, 6) is -0.291. The van der Waals surface area contributed by atoms with Crippen molar-refractivity contribution in [1.29, 1.82) is 0 Å². The summed E-state index contributed by atoms with van der Waals surface area (Å²) < 4.78 is 25.9. The summed E-state index contributed by atoms with van der Waals surface area (Å²) in [6, 6.07) is 13.8. The van der Waals surface area contributed by atoms with E-state index in [0.29, 0.717) is 13.1 Å². The van der Waals surface area contributed by atoms with Gasteiger partial charge in [0.15, 0.2) is 0 Å². The van der Waals surface area contributed by atoms with Crippen LogP contribution in [-0.2, 0) is 16.6 Å². The van der Waals surface area contributed by atoms with E-state index in [1.54, 1.807) is 11.0 Å². The van der Waals surface area contributed by atoms with Gasteiger partial charge in [-0.15, -0.1) is 6.58 Å². The summed E-state index contributed by atoms with van der Waals surface area (Å²) in [6.07, 6.45) is 1.63. The Morgan fingerprint density at radius 1 is 1.15 bits per heavy atom. The largest absolute Gasteiger partial charge is 0.331 e. The number of nitrogens with zero attached hydrogens (tertiary/aromatic N) is 2. The third kappa shape index (κ3) is 4.52. The van der Waals surface area contributed by atoms with Crippen molar-refractivity contribution in [3.63, 3.8) is 0 Å².